The van der Waals surface area contributed by atoms with Gasteiger partial charge in [0.05, 0.1) is 35.2 Å². The first-order chi connectivity index (χ1) is 11.8. The highest BCUT2D eigenvalue weighted by molar-refractivity contribution is 7.92. The SMILES string of the molecule is CS(=O)(=O)N(CC(=O)Nc1cccc(C#N)c1)c1ccc(C#N)cc1. The van der Waals surface area contributed by atoms with Crippen molar-refractivity contribution in [1.29, 1.82) is 10.5 Å². The number of hydrogen-bond donors (Lipinski definition) is 1. The summed E-state index contributed by atoms with van der Waals surface area (Å²) in [7, 11) is -3.70. The molecule has 8 heteroatoms. The van der Waals surface area contributed by atoms with Crippen LogP contribution in [0, 0.1) is 22.7 Å². The molecule has 0 spiro atoms. The fourth-order valence-electron chi connectivity index (χ4n) is 2.10. The van der Waals surface area contributed by atoms with Crippen LogP contribution in [-0.4, -0.2) is 27.1 Å². The van der Waals surface area contributed by atoms with E-state index in [9.17, 15) is 13.2 Å². The molecule has 0 aromatic heterocycles. The van der Waals surface area contributed by atoms with E-state index in [1.807, 2.05) is 12.1 Å². The Labute approximate surface area is 145 Å². The zero-order valence-corrected chi connectivity index (χ0v) is 14.1. The molecule has 0 unspecified atom stereocenters. The average molecular weight is 354 g/mol. The highest BCUT2D eigenvalue weighted by atomic mass is 32.2. The van der Waals surface area contributed by atoms with Gasteiger partial charge in [-0.25, -0.2) is 8.42 Å². The molecule has 0 radical (unpaired) electrons. The van der Waals surface area contributed by atoms with Crippen LogP contribution in [-0.2, 0) is 14.8 Å². The van der Waals surface area contributed by atoms with E-state index in [1.165, 1.54) is 30.3 Å². The summed E-state index contributed by atoms with van der Waals surface area (Å²) in [4.78, 5) is 12.2. The Morgan fingerprint density at radius 2 is 1.72 bits per heavy atom. The van der Waals surface area contributed by atoms with Crippen LogP contribution in [0.5, 0.6) is 0 Å². The number of nitrogens with zero attached hydrogens (tertiary/aromatic N) is 3. The van der Waals surface area contributed by atoms with E-state index >= 15 is 0 Å². The minimum atomic E-state index is -3.70. The second kappa shape index (κ2) is 7.47. The van der Waals surface area contributed by atoms with Gasteiger partial charge in [0.25, 0.3) is 0 Å². The van der Waals surface area contributed by atoms with Gasteiger partial charge in [-0.15, -0.1) is 0 Å². The van der Waals surface area contributed by atoms with Crippen molar-refractivity contribution in [3.63, 3.8) is 0 Å². The lowest BCUT2D eigenvalue weighted by molar-refractivity contribution is -0.114. The summed E-state index contributed by atoms with van der Waals surface area (Å²) in [6.45, 7) is -0.429. The van der Waals surface area contributed by atoms with E-state index in [4.69, 9.17) is 10.5 Å². The number of carbonyl (C=O) groups is 1. The van der Waals surface area contributed by atoms with Crippen molar-refractivity contribution >= 4 is 27.3 Å². The van der Waals surface area contributed by atoms with Crippen LogP contribution in [0.4, 0.5) is 11.4 Å². The van der Waals surface area contributed by atoms with Crippen LogP contribution in [0.25, 0.3) is 0 Å². The molecule has 0 saturated carbocycles. The van der Waals surface area contributed by atoms with Crippen molar-refractivity contribution in [1.82, 2.24) is 0 Å². The van der Waals surface area contributed by atoms with Crippen LogP contribution in [0.15, 0.2) is 48.5 Å². The van der Waals surface area contributed by atoms with E-state index in [2.05, 4.69) is 5.32 Å². The third-order valence-corrected chi connectivity index (χ3v) is 4.39. The number of amides is 1. The molecule has 126 valence electrons. The Balaban J connectivity index is 2.20. The molecular weight excluding hydrogens is 340 g/mol. The van der Waals surface area contributed by atoms with Gasteiger partial charge in [-0.05, 0) is 42.5 Å². The summed E-state index contributed by atoms with van der Waals surface area (Å²) in [5, 5.41) is 20.2. The number of carbonyl (C=O) groups excluding carboxylic acids is 1. The fraction of sp³-hybridized carbons (Fsp3) is 0.118. The third kappa shape index (κ3) is 4.80. The molecule has 0 aliphatic carbocycles. The monoisotopic (exact) mass is 354 g/mol. The number of sulfonamides is 1. The summed E-state index contributed by atoms with van der Waals surface area (Å²) in [6, 6.07) is 16.1. The highest BCUT2D eigenvalue weighted by Gasteiger charge is 2.21. The van der Waals surface area contributed by atoms with Gasteiger partial charge < -0.3 is 5.32 Å². The van der Waals surface area contributed by atoms with Crippen molar-refractivity contribution in [3.8, 4) is 12.1 Å². The first-order valence-corrected chi connectivity index (χ1v) is 8.96. The standard InChI is InChI=1S/C17H14N4O3S/c1-25(23,24)21(16-7-5-13(10-18)6-8-16)12-17(22)20-15-4-2-3-14(9-15)11-19/h2-9H,12H2,1H3,(H,20,22). The Morgan fingerprint density at radius 1 is 1.08 bits per heavy atom. The molecule has 1 N–H and O–H groups in total. The molecular formula is C17H14N4O3S. The van der Waals surface area contributed by atoms with Crippen molar-refractivity contribution in [3.05, 3.63) is 59.7 Å². The summed E-state index contributed by atoms with van der Waals surface area (Å²) < 4.78 is 25.0. The molecule has 0 heterocycles. The summed E-state index contributed by atoms with van der Waals surface area (Å²) in [6.07, 6.45) is 0.995. The molecule has 0 atom stereocenters. The maximum absolute atomic E-state index is 12.2. The van der Waals surface area contributed by atoms with E-state index in [0.717, 1.165) is 10.6 Å². The summed E-state index contributed by atoms with van der Waals surface area (Å²) in [5.74, 6) is -0.551. The lowest BCUT2D eigenvalue weighted by Gasteiger charge is -2.22. The van der Waals surface area contributed by atoms with Crippen LogP contribution >= 0.6 is 0 Å². The lowest BCUT2D eigenvalue weighted by Crippen LogP contribution is -2.37. The van der Waals surface area contributed by atoms with Crippen LogP contribution in [0.1, 0.15) is 11.1 Å². The van der Waals surface area contributed by atoms with Gasteiger partial charge in [0, 0.05) is 5.69 Å². The molecule has 2 aromatic rings. The predicted molar refractivity (Wildman–Crippen MR) is 93.1 cm³/mol. The van der Waals surface area contributed by atoms with Gasteiger partial charge in [0.15, 0.2) is 0 Å². The smallest absolute Gasteiger partial charge is 0.245 e. The molecule has 7 nitrogen and oxygen atoms in total. The lowest BCUT2D eigenvalue weighted by atomic mass is 10.2. The minimum Gasteiger partial charge on any atom is -0.324 e. The van der Waals surface area contributed by atoms with Gasteiger partial charge in [-0.2, -0.15) is 10.5 Å². The summed E-state index contributed by atoms with van der Waals surface area (Å²) in [5.41, 5.74) is 1.44. The molecule has 0 aliphatic heterocycles. The van der Waals surface area contributed by atoms with Crippen molar-refractivity contribution < 1.29 is 13.2 Å². The normalized spacial score (nSPS) is 10.4. The van der Waals surface area contributed by atoms with E-state index in [1.54, 1.807) is 18.2 Å². The molecule has 0 saturated heterocycles. The third-order valence-electron chi connectivity index (χ3n) is 3.25. The molecule has 1 amide bonds. The van der Waals surface area contributed by atoms with Crippen LogP contribution in [0.2, 0.25) is 0 Å². The zero-order valence-electron chi connectivity index (χ0n) is 13.3. The zero-order chi connectivity index (χ0) is 18.4. The maximum atomic E-state index is 12.2. The Bertz CT molecular complexity index is 970. The van der Waals surface area contributed by atoms with E-state index in [0.29, 0.717) is 16.8 Å². The van der Waals surface area contributed by atoms with Gasteiger partial charge >= 0.3 is 0 Å². The summed E-state index contributed by atoms with van der Waals surface area (Å²) >= 11 is 0. The predicted octanol–water partition coefficient (Wildman–Crippen LogP) is 1.83. The van der Waals surface area contributed by atoms with Gasteiger partial charge in [0.1, 0.15) is 6.54 Å². The van der Waals surface area contributed by atoms with E-state index in [-0.39, 0.29) is 5.69 Å². The number of hydrogen-bond acceptors (Lipinski definition) is 5. The molecule has 0 fully saturated rings. The second-order valence-electron chi connectivity index (χ2n) is 5.17. The molecule has 0 bridgehead atoms. The number of anilines is 2. The van der Waals surface area contributed by atoms with E-state index < -0.39 is 22.5 Å². The van der Waals surface area contributed by atoms with Gasteiger partial charge in [-0.3, -0.25) is 9.10 Å². The second-order valence-corrected chi connectivity index (χ2v) is 7.08. The number of benzene rings is 2. The van der Waals surface area contributed by atoms with Crippen LogP contribution in [0.3, 0.4) is 0 Å². The fourth-order valence-corrected chi connectivity index (χ4v) is 2.96. The minimum absolute atomic E-state index is 0.280. The molecule has 0 aliphatic rings. The molecule has 25 heavy (non-hydrogen) atoms. The average Bonchev–Trinajstić information content (AvgIpc) is 2.59. The maximum Gasteiger partial charge on any atom is 0.245 e. The largest absolute Gasteiger partial charge is 0.324 e. The van der Waals surface area contributed by atoms with Crippen molar-refractivity contribution in [2.45, 2.75) is 0 Å². The van der Waals surface area contributed by atoms with Crippen molar-refractivity contribution in [2.75, 3.05) is 22.4 Å². The van der Waals surface area contributed by atoms with Crippen molar-refractivity contribution in [2.24, 2.45) is 0 Å². The van der Waals surface area contributed by atoms with Crippen LogP contribution < -0.4 is 9.62 Å². The topological polar surface area (TPSA) is 114 Å². The molecule has 2 rings (SSSR count). The Hall–Kier alpha value is -3.36. The number of rotatable bonds is 5. The van der Waals surface area contributed by atoms with Gasteiger partial charge in [-0.1, -0.05) is 6.07 Å². The Morgan fingerprint density at radius 3 is 2.28 bits per heavy atom. The quantitative estimate of drug-likeness (QED) is 0.880. The molecule has 2 aromatic carbocycles. The first kappa shape index (κ1) is 18.0. The van der Waals surface area contributed by atoms with Gasteiger partial charge in [0.2, 0.25) is 15.9 Å². The number of nitriles is 2. The number of nitrogens with one attached hydrogen (secondary N) is 1. The highest BCUT2D eigenvalue weighted by Crippen LogP contribution is 2.18. The first-order valence-electron chi connectivity index (χ1n) is 7.11. The Kier molecular flexibility index (Phi) is 5.38.